The summed E-state index contributed by atoms with van der Waals surface area (Å²) in [5.41, 5.74) is 0.759. The van der Waals surface area contributed by atoms with E-state index in [1.54, 1.807) is 0 Å². The van der Waals surface area contributed by atoms with Crippen molar-refractivity contribution in [3.8, 4) is 0 Å². The largest absolute Gasteiger partial charge is 0.317 e. The van der Waals surface area contributed by atoms with Crippen molar-refractivity contribution in [1.29, 1.82) is 0 Å². The Labute approximate surface area is 101 Å². The van der Waals surface area contributed by atoms with Gasteiger partial charge in [0.2, 0.25) is 0 Å². The minimum Gasteiger partial charge on any atom is -0.317 e. The topological polar surface area (TPSA) is 15.3 Å². The van der Waals surface area contributed by atoms with Crippen LogP contribution < -0.4 is 5.32 Å². The van der Waals surface area contributed by atoms with Crippen LogP contribution in [0.3, 0.4) is 0 Å². The molecule has 2 unspecified atom stereocenters. The quantitative estimate of drug-likeness (QED) is 0.771. The Morgan fingerprint density at radius 3 is 2.69 bits per heavy atom. The maximum Gasteiger partial charge on any atom is 0.00123 e. The third kappa shape index (κ3) is 2.78. The van der Waals surface area contributed by atoms with E-state index >= 15 is 0 Å². The van der Waals surface area contributed by atoms with E-state index in [0.717, 1.165) is 17.3 Å². The number of piperidine rings is 1. The van der Waals surface area contributed by atoms with Crippen LogP contribution in [0, 0.1) is 17.3 Å². The fourth-order valence-electron chi connectivity index (χ4n) is 3.34. The average Bonchev–Trinajstić information content (AvgIpc) is 2.91. The van der Waals surface area contributed by atoms with Gasteiger partial charge in [-0.2, -0.15) is 0 Å². The lowest BCUT2D eigenvalue weighted by atomic mass is 9.92. The predicted molar refractivity (Wildman–Crippen MR) is 69.6 cm³/mol. The van der Waals surface area contributed by atoms with Crippen LogP contribution in [0.15, 0.2) is 0 Å². The SMILES string of the molecule is CCC(C)CN(C)CC1CC12CCNCC2. The highest BCUT2D eigenvalue weighted by atomic mass is 15.1. The fraction of sp³-hybridized carbons (Fsp3) is 1.00. The van der Waals surface area contributed by atoms with Crippen LogP contribution in [0.2, 0.25) is 0 Å². The van der Waals surface area contributed by atoms with Gasteiger partial charge in [-0.05, 0) is 56.7 Å². The van der Waals surface area contributed by atoms with Gasteiger partial charge >= 0.3 is 0 Å². The minimum absolute atomic E-state index is 0.759. The van der Waals surface area contributed by atoms with Crippen molar-refractivity contribution in [2.24, 2.45) is 17.3 Å². The molecule has 1 heterocycles. The third-order valence-corrected chi connectivity index (χ3v) is 4.81. The molecule has 1 spiro atoms. The summed E-state index contributed by atoms with van der Waals surface area (Å²) in [6.07, 6.45) is 5.66. The van der Waals surface area contributed by atoms with E-state index in [1.165, 1.54) is 51.9 Å². The van der Waals surface area contributed by atoms with E-state index in [4.69, 9.17) is 0 Å². The second-order valence-corrected chi connectivity index (χ2v) is 6.25. The van der Waals surface area contributed by atoms with Crippen molar-refractivity contribution in [2.45, 2.75) is 39.5 Å². The molecule has 1 aliphatic heterocycles. The standard InChI is InChI=1S/C14H28N2/c1-4-12(2)10-16(3)11-13-9-14(13)5-7-15-8-6-14/h12-13,15H,4-11H2,1-3H3. The van der Waals surface area contributed by atoms with Gasteiger partial charge in [0.1, 0.15) is 0 Å². The smallest absolute Gasteiger partial charge is 0.00123 e. The summed E-state index contributed by atoms with van der Waals surface area (Å²) in [4.78, 5) is 2.57. The van der Waals surface area contributed by atoms with Gasteiger partial charge in [0.25, 0.3) is 0 Å². The van der Waals surface area contributed by atoms with Crippen molar-refractivity contribution in [3.05, 3.63) is 0 Å². The molecule has 1 saturated heterocycles. The number of hydrogen-bond acceptors (Lipinski definition) is 2. The summed E-state index contributed by atoms with van der Waals surface area (Å²) in [5, 5.41) is 3.48. The number of nitrogens with zero attached hydrogens (tertiary/aromatic N) is 1. The molecule has 2 nitrogen and oxygen atoms in total. The highest BCUT2D eigenvalue weighted by Gasteiger charge is 2.53. The molecular formula is C14H28N2. The Morgan fingerprint density at radius 2 is 2.06 bits per heavy atom. The average molecular weight is 224 g/mol. The van der Waals surface area contributed by atoms with Gasteiger partial charge in [0.05, 0.1) is 0 Å². The van der Waals surface area contributed by atoms with E-state index in [2.05, 4.69) is 31.1 Å². The normalized spacial score (nSPS) is 29.6. The fourth-order valence-corrected chi connectivity index (χ4v) is 3.34. The van der Waals surface area contributed by atoms with Gasteiger partial charge in [0.15, 0.2) is 0 Å². The lowest BCUT2D eigenvalue weighted by Crippen LogP contribution is -2.32. The maximum atomic E-state index is 3.48. The minimum atomic E-state index is 0.759. The molecule has 2 heteroatoms. The van der Waals surface area contributed by atoms with Crippen LogP contribution >= 0.6 is 0 Å². The zero-order valence-electron chi connectivity index (χ0n) is 11.3. The summed E-state index contributed by atoms with van der Waals surface area (Å²) in [6.45, 7) is 9.79. The molecule has 1 saturated carbocycles. The molecule has 2 atom stereocenters. The van der Waals surface area contributed by atoms with Gasteiger partial charge in [-0.1, -0.05) is 20.3 Å². The highest BCUT2D eigenvalue weighted by Crippen LogP contribution is 2.58. The van der Waals surface area contributed by atoms with Crippen LogP contribution in [-0.2, 0) is 0 Å². The molecule has 1 aliphatic carbocycles. The van der Waals surface area contributed by atoms with Crippen LogP contribution in [0.5, 0.6) is 0 Å². The second kappa shape index (κ2) is 5.05. The van der Waals surface area contributed by atoms with Gasteiger partial charge in [-0.25, -0.2) is 0 Å². The molecular weight excluding hydrogens is 196 g/mol. The molecule has 2 rings (SSSR count). The van der Waals surface area contributed by atoms with E-state index < -0.39 is 0 Å². The molecule has 1 N–H and O–H groups in total. The van der Waals surface area contributed by atoms with Gasteiger partial charge < -0.3 is 10.2 Å². The van der Waals surface area contributed by atoms with Crippen molar-refractivity contribution in [3.63, 3.8) is 0 Å². The lowest BCUT2D eigenvalue weighted by Gasteiger charge is -2.26. The predicted octanol–water partition coefficient (Wildman–Crippen LogP) is 2.35. The summed E-state index contributed by atoms with van der Waals surface area (Å²) >= 11 is 0. The zero-order valence-corrected chi connectivity index (χ0v) is 11.3. The van der Waals surface area contributed by atoms with Crippen molar-refractivity contribution < 1.29 is 0 Å². The molecule has 0 aromatic carbocycles. The number of nitrogens with one attached hydrogen (secondary N) is 1. The first-order chi connectivity index (χ1) is 7.66. The summed E-state index contributed by atoms with van der Waals surface area (Å²) in [7, 11) is 2.30. The highest BCUT2D eigenvalue weighted by molar-refractivity contribution is 5.05. The monoisotopic (exact) mass is 224 g/mol. The molecule has 0 radical (unpaired) electrons. The molecule has 0 aromatic heterocycles. The van der Waals surface area contributed by atoms with Crippen LogP contribution in [0.1, 0.15) is 39.5 Å². The molecule has 2 fully saturated rings. The van der Waals surface area contributed by atoms with E-state index in [1.807, 2.05) is 0 Å². The number of hydrogen-bond donors (Lipinski definition) is 1. The third-order valence-electron chi connectivity index (χ3n) is 4.81. The summed E-state index contributed by atoms with van der Waals surface area (Å²) in [5.74, 6) is 1.86. The van der Waals surface area contributed by atoms with Crippen molar-refractivity contribution >= 4 is 0 Å². The Balaban J connectivity index is 1.71. The first kappa shape index (κ1) is 12.4. The van der Waals surface area contributed by atoms with E-state index in [9.17, 15) is 0 Å². The van der Waals surface area contributed by atoms with Crippen LogP contribution in [0.25, 0.3) is 0 Å². The molecule has 0 amide bonds. The lowest BCUT2D eigenvalue weighted by molar-refractivity contribution is 0.238. The molecule has 0 bridgehead atoms. The Bertz CT molecular complexity index is 221. The van der Waals surface area contributed by atoms with Gasteiger partial charge in [-0.15, -0.1) is 0 Å². The maximum absolute atomic E-state index is 3.48. The zero-order chi connectivity index (χ0) is 11.6. The van der Waals surface area contributed by atoms with Crippen LogP contribution in [0.4, 0.5) is 0 Å². The second-order valence-electron chi connectivity index (χ2n) is 6.25. The van der Waals surface area contributed by atoms with E-state index in [0.29, 0.717) is 0 Å². The van der Waals surface area contributed by atoms with Gasteiger partial charge in [-0.3, -0.25) is 0 Å². The first-order valence-corrected chi connectivity index (χ1v) is 7.05. The Hall–Kier alpha value is -0.0800. The van der Waals surface area contributed by atoms with E-state index in [-0.39, 0.29) is 0 Å². The summed E-state index contributed by atoms with van der Waals surface area (Å²) in [6, 6.07) is 0. The molecule has 94 valence electrons. The van der Waals surface area contributed by atoms with Crippen molar-refractivity contribution in [1.82, 2.24) is 10.2 Å². The van der Waals surface area contributed by atoms with Crippen molar-refractivity contribution in [2.75, 3.05) is 33.2 Å². The number of rotatable bonds is 5. The Kier molecular flexibility index (Phi) is 3.91. The molecule has 0 aromatic rings. The Morgan fingerprint density at radius 1 is 1.38 bits per heavy atom. The molecule has 2 aliphatic rings. The summed E-state index contributed by atoms with van der Waals surface area (Å²) < 4.78 is 0. The van der Waals surface area contributed by atoms with Gasteiger partial charge in [0, 0.05) is 13.1 Å². The molecule has 16 heavy (non-hydrogen) atoms. The van der Waals surface area contributed by atoms with Crippen LogP contribution in [-0.4, -0.2) is 38.1 Å². The first-order valence-electron chi connectivity index (χ1n) is 7.05.